The lowest BCUT2D eigenvalue weighted by atomic mass is 9.77. The standard InChI is InChI=1S/C14H18O4/c15-11-7-3-1-5-9(11)13(17)14(18)10-6-2-4-8-12(10)16/h9-10H,1-8H2. The number of rotatable bonds is 3. The Morgan fingerprint density at radius 3 is 1.44 bits per heavy atom. The molecule has 2 aliphatic rings. The Labute approximate surface area is 106 Å². The number of hydrogen-bond donors (Lipinski definition) is 0. The highest BCUT2D eigenvalue weighted by Gasteiger charge is 2.39. The second-order valence-electron chi connectivity index (χ2n) is 5.26. The van der Waals surface area contributed by atoms with Crippen molar-refractivity contribution in [1.82, 2.24) is 0 Å². The van der Waals surface area contributed by atoms with Crippen LogP contribution in [-0.4, -0.2) is 23.1 Å². The van der Waals surface area contributed by atoms with Crippen molar-refractivity contribution in [2.45, 2.75) is 51.4 Å². The van der Waals surface area contributed by atoms with Gasteiger partial charge in [-0.3, -0.25) is 19.2 Å². The van der Waals surface area contributed by atoms with Crippen molar-refractivity contribution in [3.05, 3.63) is 0 Å². The lowest BCUT2D eigenvalue weighted by Crippen LogP contribution is -2.39. The maximum atomic E-state index is 12.0. The average molecular weight is 250 g/mol. The molecular formula is C14H18O4. The third-order valence-electron chi connectivity index (χ3n) is 3.99. The number of Topliss-reactive ketones (excluding diaryl/α,β-unsaturated/α-hetero) is 4. The molecule has 2 unspecified atom stereocenters. The molecule has 0 aromatic rings. The van der Waals surface area contributed by atoms with Crippen LogP contribution in [0.2, 0.25) is 0 Å². The highest BCUT2D eigenvalue weighted by atomic mass is 16.2. The first-order chi connectivity index (χ1) is 8.61. The number of carbonyl (C=O) groups is 4. The van der Waals surface area contributed by atoms with Gasteiger partial charge < -0.3 is 0 Å². The first kappa shape index (κ1) is 13.1. The van der Waals surface area contributed by atoms with E-state index in [4.69, 9.17) is 0 Å². The molecule has 0 spiro atoms. The van der Waals surface area contributed by atoms with Crippen LogP contribution in [0.3, 0.4) is 0 Å². The fraction of sp³-hybridized carbons (Fsp3) is 0.714. The van der Waals surface area contributed by atoms with E-state index in [9.17, 15) is 19.2 Å². The molecule has 2 saturated carbocycles. The minimum absolute atomic E-state index is 0.122. The zero-order valence-corrected chi connectivity index (χ0v) is 10.4. The van der Waals surface area contributed by atoms with Gasteiger partial charge in [0.2, 0.25) is 11.6 Å². The van der Waals surface area contributed by atoms with E-state index in [0.717, 1.165) is 25.7 Å². The van der Waals surface area contributed by atoms with Crippen LogP contribution in [0, 0.1) is 11.8 Å². The average Bonchev–Trinajstić information content (AvgIpc) is 2.38. The predicted octanol–water partition coefficient (Wildman–Crippen LogP) is 1.64. The van der Waals surface area contributed by atoms with E-state index in [1.807, 2.05) is 0 Å². The van der Waals surface area contributed by atoms with Crippen LogP contribution in [-0.2, 0) is 19.2 Å². The second kappa shape index (κ2) is 5.55. The van der Waals surface area contributed by atoms with Gasteiger partial charge in [0.25, 0.3) is 0 Å². The molecule has 0 amide bonds. The fourth-order valence-electron chi connectivity index (χ4n) is 2.86. The van der Waals surface area contributed by atoms with Gasteiger partial charge >= 0.3 is 0 Å². The summed E-state index contributed by atoms with van der Waals surface area (Å²) in [6.45, 7) is 0. The van der Waals surface area contributed by atoms with Crippen molar-refractivity contribution in [1.29, 1.82) is 0 Å². The molecule has 0 saturated heterocycles. The van der Waals surface area contributed by atoms with E-state index in [2.05, 4.69) is 0 Å². The summed E-state index contributed by atoms with van der Waals surface area (Å²) in [6.07, 6.45) is 4.97. The maximum absolute atomic E-state index is 12.0. The Morgan fingerprint density at radius 1 is 0.722 bits per heavy atom. The molecule has 0 heterocycles. The monoisotopic (exact) mass is 250 g/mol. The molecule has 2 rings (SSSR count). The van der Waals surface area contributed by atoms with Crippen LogP contribution in [0.25, 0.3) is 0 Å². The van der Waals surface area contributed by atoms with E-state index in [0.29, 0.717) is 25.7 Å². The van der Waals surface area contributed by atoms with Crippen LogP contribution in [0.15, 0.2) is 0 Å². The molecule has 0 aromatic carbocycles. The molecule has 0 bridgehead atoms. The molecule has 0 N–H and O–H groups in total. The van der Waals surface area contributed by atoms with E-state index in [-0.39, 0.29) is 11.6 Å². The summed E-state index contributed by atoms with van der Waals surface area (Å²) in [5.74, 6) is -2.99. The fourth-order valence-corrected chi connectivity index (χ4v) is 2.86. The van der Waals surface area contributed by atoms with Gasteiger partial charge in [-0.15, -0.1) is 0 Å². The summed E-state index contributed by atoms with van der Waals surface area (Å²) < 4.78 is 0. The zero-order chi connectivity index (χ0) is 13.1. The van der Waals surface area contributed by atoms with Crippen LogP contribution in [0.1, 0.15) is 51.4 Å². The summed E-state index contributed by atoms with van der Waals surface area (Å²) in [5.41, 5.74) is 0. The van der Waals surface area contributed by atoms with Gasteiger partial charge in [0.05, 0.1) is 11.8 Å². The van der Waals surface area contributed by atoms with Gasteiger partial charge in [-0.2, -0.15) is 0 Å². The maximum Gasteiger partial charge on any atom is 0.209 e. The van der Waals surface area contributed by atoms with Crippen molar-refractivity contribution in [3.8, 4) is 0 Å². The molecule has 2 aliphatic carbocycles. The minimum atomic E-state index is -0.763. The van der Waals surface area contributed by atoms with E-state index >= 15 is 0 Å². The molecule has 0 radical (unpaired) electrons. The topological polar surface area (TPSA) is 68.3 Å². The number of ketones is 4. The molecule has 2 atom stereocenters. The molecule has 98 valence electrons. The van der Waals surface area contributed by atoms with E-state index < -0.39 is 23.4 Å². The summed E-state index contributed by atoms with van der Waals surface area (Å²) >= 11 is 0. The molecule has 4 nitrogen and oxygen atoms in total. The van der Waals surface area contributed by atoms with Crippen LogP contribution in [0.5, 0.6) is 0 Å². The molecular weight excluding hydrogens is 232 g/mol. The van der Waals surface area contributed by atoms with E-state index in [1.165, 1.54) is 0 Å². The van der Waals surface area contributed by atoms with Crippen molar-refractivity contribution in [3.63, 3.8) is 0 Å². The van der Waals surface area contributed by atoms with Gasteiger partial charge in [-0.1, -0.05) is 12.8 Å². The Hall–Kier alpha value is -1.32. The third-order valence-corrected chi connectivity index (χ3v) is 3.99. The van der Waals surface area contributed by atoms with Crippen molar-refractivity contribution in [2.75, 3.05) is 0 Å². The van der Waals surface area contributed by atoms with Gasteiger partial charge in [-0.05, 0) is 25.7 Å². The second-order valence-corrected chi connectivity index (χ2v) is 5.26. The Balaban J connectivity index is 2.05. The molecule has 0 aromatic heterocycles. The van der Waals surface area contributed by atoms with Gasteiger partial charge in [0.1, 0.15) is 11.6 Å². The highest BCUT2D eigenvalue weighted by molar-refractivity contribution is 6.45. The molecule has 0 aliphatic heterocycles. The molecule has 2 fully saturated rings. The minimum Gasteiger partial charge on any atom is -0.299 e. The van der Waals surface area contributed by atoms with Crippen molar-refractivity contribution in [2.24, 2.45) is 11.8 Å². The predicted molar refractivity (Wildman–Crippen MR) is 63.9 cm³/mol. The number of hydrogen-bond acceptors (Lipinski definition) is 4. The van der Waals surface area contributed by atoms with E-state index in [1.54, 1.807) is 0 Å². The Bertz CT molecular complexity index is 359. The molecule has 18 heavy (non-hydrogen) atoms. The summed E-state index contributed by atoms with van der Waals surface area (Å²) in [4.78, 5) is 47.4. The largest absolute Gasteiger partial charge is 0.299 e. The van der Waals surface area contributed by atoms with Crippen molar-refractivity contribution < 1.29 is 19.2 Å². The zero-order valence-electron chi connectivity index (χ0n) is 10.4. The van der Waals surface area contributed by atoms with Crippen LogP contribution in [0.4, 0.5) is 0 Å². The summed E-state index contributed by atoms with van der Waals surface area (Å²) in [5, 5.41) is 0. The SMILES string of the molecule is O=C1CCCCC1C(=O)C(=O)C1CCCCC1=O. The van der Waals surface area contributed by atoms with Gasteiger partial charge in [-0.25, -0.2) is 0 Å². The Morgan fingerprint density at radius 2 is 1.11 bits per heavy atom. The number of carbonyl (C=O) groups excluding carboxylic acids is 4. The quantitative estimate of drug-likeness (QED) is 0.564. The summed E-state index contributed by atoms with van der Waals surface area (Å²) in [6, 6.07) is 0. The Kier molecular flexibility index (Phi) is 4.04. The van der Waals surface area contributed by atoms with Crippen LogP contribution >= 0.6 is 0 Å². The molecule has 4 heteroatoms. The van der Waals surface area contributed by atoms with Crippen LogP contribution < -0.4 is 0 Å². The first-order valence-corrected chi connectivity index (χ1v) is 6.74. The lowest BCUT2D eigenvalue weighted by Gasteiger charge is -2.22. The first-order valence-electron chi connectivity index (χ1n) is 6.74. The van der Waals surface area contributed by atoms with Crippen molar-refractivity contribution >= 4 is 23.1 Å². The highest BCUT2D eigenvalue weighted by Crippen LogP contribution is 2.26. The lowest BCUT2D eigenvalue weighted by molar-refractivity contribution is -0.148. The summed E-state index contributed by atoms with van der Waals surface area (Å²) in [7, 11) is 0. The normalized spacial score (nSPS) is 29.1. The smallest absolute Gasteiger partial charge is 0.209 e. The van der Waals surface area contributed by atoms with Gasteiger partial charge in [0.15, 0.2) is 0 Å². The third kappa shape index (κ3) is 2.57. The van der Waals surface area contributed by atoms with Gasteiger partial charge in [0, 0.05) is 12.8 Å².